The zero-order valence-corrected chi connectivity index (χ0v) is 23.9. The van der Waals surface area contributed by atoms with Gasteiger partial charge in [-0.3, -0.25) is 0 Å². The van der Waals surface area contributed by atoms with Crippen LogP contribution in [0.2, 0.25) is 0 Å². The van der Waals surface area contributed by atoms with Crippen LogP contribution in [0.25, 0.3) is 22.3 Å². The Kier molecular flexibility index (Phi) is 11.3. The Morgan fingerprint density at radius 3 is 2.02 bits per heavy atom. The Balaban J connectivity index is 1.46. The smallest absolute Gasteiger partial charge is 0.127 e. The van der Waals surface area contributed by atoms with E-state index in [0.717, 1.165) is 90.7 Å². The third kappa shape index (κ3) is 8.25. The van der Waals surface area contributed by atoms with Gasteiger partial charge in [0.25, 0.3) is 0 Å². The summed E-state index contributed by atoms with van der Waals surface area (Å²) in [5.41, 5.74) is 8.42. The molecule has 0 unspecified atom stereocenters. The van der Waals surface area contributed by atoms with Crippen LogP contribution >= 0.6 is 0 Å². The Bertz CT molecular complexity index is 1250. The van der Waals surface area contributed by atoms with Crippen molar-refractivity contribution in [1.29, 1.82) is 0 Å². The van der Waals surface area contributed by atoms with Gasteiger partial charge in [-0.1, -0.05) is 72.8 Å². The molecule has 0 atom stereocenters. The summed E-state index contributed by atoms with van der Waals surface area (Å²) in [6.07, 6.45) is 13.0. The van der Waals surface area contributed by atoms with Crippen molar-refractivity contribution in [2.75, 3.05) is 13.2 Å². The van der Waals surface area contributed by atoms with Crippen LogP contribution in [0.15, 0.2) is 85.5 Å². The van der Waals surface area contributed by atoms with Crippen molar-refractivity contribution in [3.63, 3.8) is 0 Å². The lowest BCUT2D eigenvalue weighted by Crippen LogP contribution is -2.14. The Labute approximate surface area is 240 Å². The van der Waals surface area contributed by atoms with E-state index >= 15 is 4.39 Å². The lowest BCUT2D eigenvalue weighted by Gasteiger charge is -2.29. The van der Waals surface area contributed by atoms with Crippen molar-refractivity contribution >= 4 is 0 Å². The molecule has 0 aliphatic heterocycles. The van der Waals surface area contributed by atoms with E-state index in [-0.39, 0.29) is 19.0 Å². The first-order valence-corrected chi connectivity index (χ1v) is 15.0. The van der Waals surface area contributed by atoms with Gasteiger partial charge in [0, 0.05) is 6.61 Å². The summed E-state index contributed by atoms with van der Waals surface area (Å²) in [5.74, 6) is 0.999. The maximum Gasteiger partial charge on any atom is 0.127 e. The predicted molar refractivity (Wildman–Crippen MR) is 166 cm³/mol. The highest BCUT2D eigenvalue weighted by Crippen LogP contribution is 2.39. The van der Waals surface area contributed by atoms with Gasteiger partial charge in [-0.05, 0) is 127 Å². The van der Waals surface area contributed by atoms with E-state index in [1.165, 1.54) is 30.4 Å². The minimum absolute atomic E-state index is 0.0399. The number of hydrogen-bond donors (Lipinski definition) is 2. The van der Waals surface area contributed by atoms with Crippen molar-refractivity contribution in [3.05, 3.63) is 108 Å². The first kappa shape index (κ1) is 30.0. The molecular formula is C37H45FO2. The molecule has 1 fully saturated rings. The number of aliphatic hydroxyl groups excluding tert-OH is 2. The van der Waals surface area contributed by atoms with Crippen molar-refractivity contribution in [1.82, 2.24) is 0 Å². The molecule has 3 heteroatoms. The predicted octanol–water partition coefficient (Wildman–Crippen LogP) is 9.20. The number of rotatable bonds is 14. The van der Waals surface area contributed by atoms with Crippen LogP contribution < -0.4 is 0 Å². The summed E-state index contributed by atoms with van der Waals surface area (Å²) < 4.78 is 15.3. The maximum atomic E-state index is 15.3. The summed E-state index contributed by atoms with van der Waals surface area (Å²) in [4.78, 5) is 0. The first-order valence-electron chi connectivity index (χ1n) is 15.0. The third-order valence-electron chi connectivity index (χ3n) is 8.51. The zero-order chi connectivity index (χ0) is 28.3. The topological polar surface area (TPSA) is 40.5 Å². The second-order valence-corrected chi connectivity index (χ2v) is 11.5. The molecular weight excluding hydrogens is 495 g/mol. The van der Waals surface area contributed by atoms with Gasteiger partial charge >= 0.3 is 0 Å². The summed E-state index contributed by atoms with van der Waals surface area (Å²) in [6.45, 7) is 7.96. The number of halogens is 1. The molecule has 0 saturated heterocycles. The standard InChI is InChI=1S/C37H45FO2/c1-3-4-8-28-11-13-33(14-12-28)36-20-19-34(25-37(36)38)31-15-17-32(18-16-31)35-23-29(9-5-7-27(2)26-40)22-30(24-35)10-6-21-39/h3,15-20,22-25,28,33,39-40H,1-2,4-14,21,26H2. The van der Waals surface area contributed by atoms with Gasteiger partial charge in [0.2, 0.25) is 0 Å². The van der Waals surface area contributed by atoms with E-state index in [2.05, 4.69) is 61.7 Å². The molecule has 0 bridgehead atoms. The number of benzene rings is 3. The van der Waals surface area contributed by atoms with E-state index < -0.39 is 0 Å². The van der Waals surface area contributed by atoms with Crippen LogP contribution in [-0.4, -0.2) is 23.4 Å². The van der Waals surface area contributed by atoms with E-state index in [0.29, 0.717) is 5.92 Å². The van der Waals surface area contributed by atoms with Gasteiger partial charge < -0.3 is 10.2 Å². The van der Waals surface area contributed by atoms with Crippen LogP contribution in [0.1, 0.15) is 80.4 Å². The van der Waals surface area contributed by atoms with E-state index in [4.69, 9.17) is 0 Å². The molecule has 3 aromatic rings. The summed E-state index contributed by atoms with van der Waals surface area (Å²) >= 11 is 0. The number of aryl methyl sites for hydroxylation is 2. The van der Waals surface area contributed by atoms with E-state index in [1.54, 1.807) is 6.07 Å². The highest BCUT2D eigenvalue weighted by molar-refractivity contribution is 5.71. The molecule has 2 nitrogen and oxygen atoms in total. The third-order valence-corrected chi connectivity index (χ3v) is 8.51. The SMILES string of the molecule is C=CCCC1CCC(c2ccc(-c3ccc(-c4cc(CCCO)cc(CCCC(=C)CO)c4)cc3)cc2F)CC1. The average Bonchev–Trinajstić information content (AvgIpc) is 2.99. The fourth-order valence-corrected chi connectivity index (χ4v) is 6.13. The van der Waals surface area contributed by atoms with E-state index in [9.17, 15) is 10.2 Å². The van der Waals surface area contributed by atoms with Gasteiger partial charge in [0.1, 0.15) is 5.82 Å². The summed E-state index contributed by atoms with van der Waals surface area (Å²) in [5, 5.41) is 18.6. The first-order chi connectivity index (χ1) is 19.5. The quantitative estimate of drug-likeness (QED) is 0.200. The normalized spacial score (nSPS) is 17.1. The molecule has 0 spiro atoms. The second kappa shape index (κ2) is 15.1. The van der Waals surface area contributed by atoms with Crippen molar-refractivity contribution in [2.24, 2.45) is 5.92 Å². The molecule has 1 saturated carbocycles. The summed E-state index contributed by atoms with van der Waals surface area (Å²) in [6, 6.07) is 20.9. The molecule has 0 radical (unpaired) electrons. The highest BCUT2D eigenvalue weighted by atomic mass is 19.1. The van der Waals surface area contributed by atoms with Crippen LogP contribution in [0.5, 0.6) is 0 Å². The molecule has 40 heavy (non-hydrogen) atoms. The lowest BCUT2D eigenvalue weighted by atomic mass is 9.77. The minimum Gasteiger partial charge on any atom is -0.396 e. The molecule has 2 N–H and O–H groups in total. The van der Waals surface area contributed by atoms with Crippen molar-refractivity contribution < 1.29 is 14.6 Å². The summed E-state index contributed by atoms with van der Waals surface area (Å²) in [7, 11) is 0. The van der Waals surface area contributed by atoms with Gasteiger partial charge in [0.15, 0.2) is 0 Å². The van der Waals surface area contributed by atoms with Gasteiger partial charge in [-0.25, -0.2) is 4.39 Å². The molecule has 4 rings (SSSR count). The molecule has 1 aliphatic rings. The fraction of sp³-hybridized carbons (Fsp3) is 0.405. The van der Waals surface area contributed by atoms with E-state index in [1.807, 2.05) is 12.1 Å². The highest BCUT2D eigenvalue weighted by Gasteiger charge is 2.24. The largest absolute Gasteiger partial charge is 0.396 e. The number of allylic oxidation sites excluding steroid dienone is 1. The molecule has 0 heterocycles. The molecule has 212 valence electrons. The lowest BCUT2D eigenvalue weighted by molar-refractivity contribution is 0.288. The zero-order valence-electron chi connectivity index (χ0n) is 23.9. The Morgan fingerprint density at radius 1 is 0.800 bits per heavy atom. The van der Waals surface area contributed by atoms with Gasteiger partial charge in [-0.2, -0.15) is 0 Å². The molecule has 0 amide bonds. The molecule has 3 aromatic carbocycles. The number of aliphatic hydroxyl groups is 2. The minimum atomic E-state index is -0.0822. The fourth-order valence-electron chi connectivity index (χ4n) is 6.13. The van der Waals surface area contributed by atoms with Crippen LogP contribution in [0.3, 0.4) is 0 Å². The van der Waals surface area contributed by atoms with Crippen molar-refractivity contribution in [2.45, 2.75) is 76.5 Å². The van der Waals surface area contributed by atoms with Crippen LogP contribution in [0.4, 0.5) is 4.39 Å². The second-order valence-electron chi connectivity index (χ2n) is 11.5. The average molecular weight is 541 g/mol. The van der Waals surface area contributed by atoms with Crippen LogP contribution in [-0.2, 0) is 12.8 Å². The van der Waals surface area contributed by atoms with Crippen molar-refractivity contribution in [3.8, 4) is 22.3 Å². The number of hydrogen-bond acceptors (Lipinski definition) is 2. The Hall–Kier alpha value is -3.01. The Morgan fingerprint density at radius 2 is 1.43 bits per heavy atom. The van der Waals surface area contributed by atoms with Crippen LogP contribution in [0, 0.1) is 11.7 Å². The van der Waals surface area contributed by atoms with Gasteiger partial charge in [-0.15, -0.1) is 6.58 Å². The molecule has 1 aliphatic carbocycles. The van der Waals surface area contributed by atoms with Gasteiger partial charge in [0.05, 0.1) is 6.61 Å². The maximum absolute atomic E-state index is 15.3. The molecule has 0 aromatic heterocycles. The monoisotopic (exact) mass is 540 g/mol.